The van der Waals surface area contributed by atoms with E-state index in [9.17, 15) is 9.59 Å². The number of hydroxylamine groups is 1. The number of amides is 2. The normalized spacial score (nSPS) is 13.0. The zero-order valence-electron chi connectivity index (χ0n) is 14.4. The van der Waals surface area contributed by atoms with Gasteiger partial charge < -0.3 is 5.32 Å². The summed E-state index contributed by atoms with van der Waals surface area (Å²) in [5, 5.41) is 12.6. The van der Waals surface area contributed by atoms with Crippen LogP contribution in [0.15, 0.2) is 42.5 Å². The minimum Gasteiger partial charge on any atom is -0.340 e. The summed E-state index contributed by atoms with van der Waals surface area (Å²) < 4.78 is 0. The lowest BCUT2D eigenvalue weighted by molar-refractivity contribution is -0.132. The van der Waals surface area contributed by atoms with Crippen molar-refractivity contribution in [2.45, 2.75) is 26.3 Å². The molecule has 0 aromatic heterocycles. The Bertz CT molecular complexity index is 811. The zero-order valence-corrected chi connectivity index (χ0v) is 15.9. The fraction of sp³-hybridized carbons (Fsp3) is 0.263. The molecular weight excluding hydrogens is 375 g/mol. The third kappa shape index (κ3) is 4.75. The highest BCUT2D eigenvalue weighted by Gasteiger charge is 2.26. The van der Waals surface area contributed by atoms with Crippen LogP contribution >= 0.6 is 23.2 Å². The summed E-state index contributed by atoms with van der Waals surface area (Å²) in [6.07, 6.45) is 0.663. The molecule has 0 fully saturated rings. The van der Waals surface area contributed by atoms with Crippen molar-refractivity contribution in [1.82, 2.24) is 10.8 Å². The SMILES string of the molecule is CC[C@H](C)[C@H](NC(=O)c1cccc(-c2cc(Cl)ccc2Cl)c1)C(=O)NO. The van der Waals surface area contributed by atoms with Crippen LogP contribution in [-0.2, 0) is 4.79 Å². The van der Waals surface area contributed by atoms with Gasteiger partial charge >= 0.3 is 0 Å². The van der Waals surface area contributed by atoms with Crippen molar-refractivity contribution < 1.29 is 14.8 Å². The largest absolute Gasteiger partial charge is 0.340 e. The summed E-state index contributed by atoms with van der Waals surface area (Å²) >= 11 is 12.3. The molecule has 0 saturated carbocycles. The second-order valence-corrected chi connectivity index (χ2v) is 6.86. The Morgan fingerprint density at radius 3 is 2.54 bits per heavy atom. The van der Waals surface area contributed by atoms with Crippen LogP contribution in [0.1, 0.15) is 30.6 Å². The van der Waals surface area contributed by atoms with E-state index >= 15 is 0 Å². The van der Waals surface area contributed by atoms with Gasteiger partial charge in [0, 0.05) is 21.2 Å². The Labute approximate surface area is 162 Å². The molecule has 3 N–H and O–H groups in total. The number of hydrogen-bond acceptors (Lipinski definition) is 3. The molecule has 0 heterocycles. The van der Waals surface area contributed by atoms with Gasteiger partial charge in [-0.1, -0.05) is 55.6 Å². The predicted octanol–water partition coefficient (Wildman–Crippen LogP) is 4.31. The van der Waals surface area contributed by atoms with Crippen LogP contribution in [0.4, 0.5) is 0 Å². The maximum absolute atomic E-state index is 12.6. The monoisotopic (exact) mass is 394 g/mol. The highest BCUT2D eigenvalue weighted by Crippen LogP contribution is 2.31. The van der Waals surface area contributed by atoms with Crippen LogP contribution in [0.2, 0.25) is 10.0 Å². The Morgan fingerprint density at radius 2 is 1.88 bits per heavy atom. The van der Waals surface area contributed by atoms with E-state index in [2.05, 4.69) is 5.32 Å². The number of carbonyl (C=O) groups excluding carboxylic acids is 2. The van der Waals surface area contributed by atoms with E-state index in [1.165, 1.54) is 0 Å². The van der Waals surface area contributed by atoms with Crippen LogP contribution in [0.25, 0.3) is 11.1 Å². The van der Waals surface area contributed by atoms with Crippen LogP contribution < -0.4 is 10.8 Å². The molecule has 0 saturated heterocycles. The maximum Gasteiger partial charge on any atom is 0.266 e. The molecule has 7 heteroatoms. The molecule has 0 bridgehead atoms. The van der Waals surface area contributed by atoms with Gasteiger partial charge in [-0.15, -0.1) is 0 Å². The van der Waals surface area contributed by atoms with Crippen molar-refractivity contribution >= 4 is 35.0 Å². The molecule has 0 aliphatic carbocycles. The number of hydrogen-bond donors (Lipinski definition) is 3. The van der Waals surface area contributed by atoms with E-state index < -0.39 is 17.9 Å². The van der Waals surface area contributed by atoms with Crippen LogP contribution in [0.3, 0.4) is 0 Å². The van der Waals surface area contributed by atoms with Crippen molar-refractivity contribution in [3.05, 3.63) is 58.1 Å². The van der Waals surface area contributed by atoms with Gasteiger partial charge in [0.1, 0.15) is 6.04 Å². The van der Waals surface area contributed by atoms with E-state index in [-0.39, 0.29) is 5.92 Å². The third-order valence-corrected chi connectivity index (χ3v) is 4.82. The Kier molecular flexibility index (Phi) is 7.03. The first-order valence-corrected chi connectivity index (χ1v) is 8.93. The van der Waals surface area contributed by atoms with Gasteiger partial charge in [0.15, 0.2) is 0 Å². The van der Waals surface area contributed by atoms with E-state index in [1.807, 2.05) is 19.9 Å². The van der Waals surface area contributed by atoms with Gasteiger partial charge in [0.2, 0.25) is 0 Å². The molecule has 2 aromatic rings. The topological polar surface area (TPSA) is 78.4 Å². The summed E-state index contributed by atoms with van der Waals surface area (Å²) in [6, 6.07) is 11.1. The van der Waals surface area contributed by atoms with Crippen LogP contribution in [0, 0.1) is 5.92 Å². The van der Waals surface area contributed by atoms with Crippen molar-refractivity contribution in [3.63, 3.8) is 0 Å². The molecule has 26 heavy (non-hydrogen) atoms. The molecule has 2 amide bonds. The molecule has 2 rings (SSSR count). The highest BCUT2D eigenvalue weighted by molar-refractivity contribution is 6.35. The Hall–Kier alpha value is -2.08. The smallest absolute Gasteiger partial charge is 0.266 e. The first-order valence-electron chi connectivity index (χ1n) is 8.17. The molecule has 0 radical (unpaired) electrons. The molecular formula is C19H20Cl2N2O3. The average molecular weight is 395 g/mol. The van der Waals surface area contributed by atoms with E-state index in [4.69, 9.17) is 28.4 Å². The second-order valence-electron chi connectivity index (χ2n) is 6.02. The second kappa shape index (κ2) is 9.03. The van der Waals surface area contributed by atoms with E-state index in [0.29, 0.717) is 27.6 Å². The molecule has 0 unspecified atom stereocenters. The predicted molar refractivity (Wildman–Crippen MR) is 103 cm³/mol. The number of rotatable bonds is 6. The molecule has 2 aromatic carbocycles. The summed E-state index contributed by atoms with van der Waals surface area (Å²) in [5.41, 5.74) is 3.42. The first-order chi connectivity index (χ1) is 12.4. The van der Waals surface area contributed by atoms with Gasteiger partial charge in [0.25, 0.3) is 11.8 Å². The highest BCUT2D eigenvalue weighted by atomic mass is 35.5. The summed E-state index contributed by atoms with van der Waals surface area (Å²) in [7, 11) is 0. The van der Waals surface area contributed by atoms with Crippen molar-refractivity contribution in [3.8, 4) is 11.1 Å². The molecule has 0 aliphatic rings. The number of halogens is 2. The lowest BCUT2D eigenvalue weighted by Gasteiger charge is -2.22. The maximum atomic E-state index is 12.6. The quantitative estimate of drug-likeness (QED) is 0.504. The Balaban J connectivity index is 2.30. The van der Waals surface area contributed by atoms with Crippen molar-refractivity contribution in [1.29, 1.82) is 0 Å². The van der Waals surface area contributed by atoms with Crippen LogP contribution in [0.5, 0.6) is 0 Å². The van der Waals surface area contributed by atoms with E-state index in [1.54, 1.807) is 41.9 Å². The zero-order chi connectivity index (χ0) is 19.3. The van der Waals surface area contributed by atoms with Crippen LogP contribution in [-0.4, -0.2) is 23.1 Å². The summed E-state index contributed by atoms with van der Waals surface area (Å²) in [6.45, 7) is 3.72. The van der Waals surface area contributed by atoms with Gasteiger partial charge in [-0.2, -0.15) is 0 Å². The number of benzene rings is 2. The van der Waals surface area contributed by atoms with Crippen molar-refractivity contribution in [2.24, 2.45) is 5.92 Å². The molecule has 2 atom stereocenters. The number of nitrogens with one attached hydrogen (secondary N) is 2. The Morgan fingerprint density at radius 1 is 1.15 bits per heavy atom. The lowest BCUT2D eigenvalue weighted by Crippen LogP contribution is -2.49. The minimum absolute atomic E-state index is 0.142. The molecule has 0 spiro atoms. The first kappa shape index (κ1) is 20.2. The van der Waals surface area contributed by atoms with Gasteiger partial charge in [0.05, 0.1) is 0 Å². The molecule has 5 nitrogen and oxygen atoms in total. The summed E-state index contributed by atoms with van der Waals surface area (Å²) in [4.78, 5) is 24.4. The fourth-order valence-electron chi connectivity index (χ4n) is 2.54. The summed E-state index contributed by atoms with van der Waals surface area (Å²) in [5.74, 6) is -1.21. The van der Waals surface area contributed by atoms with Gasteiger partial charge in [-0.3, -0.25) is 14.8 Å². The fourth-order valence-corrected chi connectivity index (χ4v) is 2.94. The lowest BCUT2D eigenvalue weighted by atomic mass is 9.97. The van der Waals surface area contributed by atoms with Gasteiger partial charge in [-0.25, -0.2) is 5.48 Å². The third-order valence-electron chi connectivity index (χ3n) is 4.26. The average Bonchev–Trinajstić information content (AvgIpc) is 2.66. The standard InChI is InChI=1S/C19H20Cl2N2O3/c1-3-11(2)17(19(25)23-26)22-18(24)13-6-4-5-12(9-13)15-10-14(20)7-8-16(15)21/h4-11,17,26H,3H2,1-2H3,(H,22,24)(H,23,25)/t11-,17-/m0/s1. The molecule has 0 aliphatic heterocycles. The minimum atomic E-state index is -0.837. The number of carbonyl (C=O) groups is 2. The van der Waals surface area contributed by atoms with Crippen molar-refractivity contribution in [2.75, 3.05) is 0 Å². The molecule has 138 valence electrons. The van der Waals surface area contributed by atoms with E-state index in [0.717, 1.165) is 5.56 Å². The van der Waals surface area contributed by atoms with Gasteiger partial charge in [-0.05, 0) is 41.8 Å².